The zero-order chi connectivity index (χ0) is 13.7. The lowest BCUT2D eigenvalue weighted by molar-refractivity contribution is -0.136. The molecular formula is C15H16ClNO3. The first-order chi connectivity index (χ1) is 9.16. The fourth-order valence-corrected chi connectivity index (χ4v) is 1.85. The molecule has 0 saturated carbocycles. The average Bonchev–Trinajstić information content (AvgIpc) is 2.46. The first kappa shape index (κ1) is 16.1. The van der Waals surface area contributed by atoms with Gasteiger partial charge in [-0.1, -0.05) is 30.3 Å². The number of hydrogen-bond acceptors (Lipinski definition) is 3. The molecule has 0 amide bonds. The third-order valence-corrected chi connectivity index (χ3v) is 2.92. The van der Waals surface area contributed by atoms with E-state index in [1.165, 1.54) is 0 Å². The molecule has 1 aromatic heterocycles. The Morgan fingerprint density at radius 3 is 2.40 bits per heavy atom. The molecule has 0 spiro atoms. The second-order valence-corrected chi connectivity index (χ2v) is 4.32. The summed E-state index contributed by atoms with van der Waals surface area (Å²) in [5.74, 6) is -0.806. The van der Waals surface area contributed by atoms with Gasteiger partial charge in [0, 0.05) is 24.4 Å². The number of carboxylic acids is 1. The van der Waals surface area contributed by atoms with E-state index in [1.807, 2.05) is 30.3 Å². The lowest BCUT2D eigenvalue weighted by Crippen LogP contribution is -2.01. The van der Waals surface area contributed by atoms with Crippen molar-refractivity contribution in [3.05, 3.63) is 65.5 Å². The normalized spacial score (nSPS) is 11.4. The highest BCUT2D eigenvalue weighted by Gasteiger charge is 2.10. The van der Waals surface area contributed by atoms with Gasteiger partial charge in [-0.25, -0.2) is 0 Å². The summed E-state index contributed by atoms with van der Waals surface area (Å²) < 4.78 is 0. The van der Waals surface area contributed by atoms with Crippen LogP contribution >= 0.6 is 12.4 Å². The summed E-state index contributed by atoms with van der Waals surface area (Å²) in [6.45, 7) is 0. The van der Waals surface area contributed by atoms with Crippen LogP contribution in [0.1, 0.15) is 29.2 Å². The average molecular weight is 294 g/mol. The smallest absolute Gasteiger partial charge is 0.303 e. The van der Waals surface area contributed by atoms with Crippen molar-refractivity contribution in [1.82, 2.24) is 4.98 Å². The van der Waals surface area contributed by atoms with Gasteiger partial charge in [0.15, 0.2) is 0 Å². The fourth-order valence-electron chi connectivity index (χ4n) is 1.85. The molecule has 1 aromatic carbocycles. The number of carboxylic acid groups (broad SMARTS) is 1. The lowest BCUT2D eigenvalue weighted by Gasteiger charge is -2.11. The van der Waals surface area contributed by atoms with E-state index in [0.717, 1.165) is 16.7 Å². The maximum atomic E-state index is 10.5. The zero-order valence-electron chi connectivity index (χ0n) is 10.8. The second-order valence-electron chi connectivity index (χ2n) is 4.32. The Hall–Kier alpha value is -1.91. The molecule has 106 valence electrons. The van der Waals surface area contributed by atoms with Crippen LogP contribution in [0.3, 0.4) is 0 Å². The molecule has 20 heavy (non-hydrogen) atoms. The van der Waals surface area contributed by atoms with E-state index in [4.69, 9.17) is 5.11 Å². The van der Waals surface area contributed by atoms with Crippen LogP contribution in [0.5, 0.6) is 0 Å². The molecule has 0 radical (unpaired) electrons. The number of aliphatic hydroxyl groups is 1. The summed E-state index contributed by atoms with van der Waals surface area (Å²) in [5.41, 5.74) is 2.46. The number of aliphatic hydroxyl groups excluding tert-OH is 1. The van der Waals surface area contributed by atoms with Crippen molar-refractivity contribution in [2.75, 3.05) is 0 Å². The van der Waals surface area contributed by atoms with Gasteiger partial charge in [0.1, 0.15) is 6.10 Å². The highest BCUT2D eigenvalue weighted by molar-refractivity contribution is 5.85. The van der Waals surface area contributed by atoms with E-state index >= 15 is 0 Å². The molecule has 5 heteroatoms. The molecule has 0 saturated heterocycles. The zero-order valence-corrected chi connectivity index (χ0v) is 11.6. The van der Waals surface area contributed by atoms with Crippen molar-refractivity contribution in [3.63, 3.8) is 0 Å². The molecule has 2 aromatic rings. The van der Waals surface area contributed by atoms with Gasteiger partial charge in [0.05, 0.1) is 0 Å². The van der Waals surface area contributed by atoms with Crippen LogP contribution < -0.4 is 0 Å². The predicted octanol–water partition coefficient (Wildman–Crippen LogP) is 2.60. The lowest BCUT2D eigenvalue weighted by atomic mass is 10.0. The molecule has 2 N–H and O–H groups in total. The number of nitrogens with zero attached hydrogens (tertiary/aromatic N) is 1. The van der Waals surface area contributed by atoms with Crippen molar-refractivity contribution in [2.24, 2.45) is 0 Å². The van der Waals surface area contributed by atoms with Gasteiger partial charge in [-0.2, -0.15) is 0 Å². The maximum Gasteiger partial charge on any atom is 0.303 e. The van der Waals surface area contributed by atoms with Crippen LogP contribution in [-0.4, -0.2) is 21.2 Å². The number of carbonyl (C=O) groups is 1. The number of aryl methyl sites for hydroxylation is 1. The Morgan fingerprint density at radius 1 is 1.15 bits per heavy atom. The van der Waals surface area contributed by atoms with Crippen molar-refractivity contribution >= 4 is 18.4 Å². The maximum absolute atomic E-state index is 10.5. The molecule has 1 unspecified atom stereocenters. The van der Waals surface area contributed by atoms with Gasteiger partial charge >= 0.3 is 5.97 Å². The van der Waals surface area contributed by atoms with Crippen LogP contribution in [0.25, 0.3) is 0 Å². The first-order valence-electron chi connectivity index (χ1n) is 6.05. The van der Waals surface area contributed by atoms with Crippen LogP contribution in [-0.2, 0) is 11.2 Å². The van der Waals surface area contributed by atoms with E-state index in [0.29, 0.717) is 6.42 Å². The third kappa shape index (κ3) is 4.33. The van der Waals surface area contributed by atoms with Gasteiger partial charge in [0.2, 0.25) is 0 Å². The van der Waals surface area contributed by atoms with Gasteiger partial charge in [-0.3, -0.25) is 9.78 Å². The Balaban J connectivity index is 0.00000200. The topological polar surface area (TPSA) is 70.4 Å². The Labute approximate surface area is 123 Å². The van der Waals surface area contributed by atoms with Crippen LogP contribution in [0, 0.1) is 0 Å². The Kier molecular flexibility index (Phi) is 6.15. The minimum absolute atomic E-state index is 0. The molecule has 2 rings (SSSR count). The second kappa shape index (κ2) is 7.62. The minimum Gasteiger partial charge on any atom is -0.481 e. The molecule has 0 aliphatic rings. The number of hydrogen-bond donors (Lipinski definition) is 2. The van der Waals surface area contributed by atoms with Crippen molar-refractivity contribution in [3.8, 4) is 0 Å². The fraction of sp³-hybridized carbons (Fsp3) is 0.200. The SMILES string of the molecule is Cl.O=C(O)CCc1ccc(C(O)c2cccnc2)cc1. The van der Waals surface area contributed by atoms with Gasteiger partial charge in [-0.15, -0.1) is 12.4 Å². The van der Waals surface area contributed by atoms with Gasteiger partial charge in [-0.05, 0) is 23.6 Å². The van der Waals surface area contributed by atoms with Crippen LogP contribution in [0.4, 0.5) is 0 Å². The standard InChI is InChI=1S/C15H15NO3.ClH/c17-14(18)8-5-11-3-6-12(7-4-11)15(19)13-2-1-9-16-10-13;/h1-4,6-7,9-10,15,19H,5,8H2,(H,17,18);1H. The summed E-state index contributed by atoms with van der Waals surface area (Å²) in [6.07, 6.45) is 3.19. The molecule has 0 aliphatic heterocycles. The Morgan fingerprint density at radius 2 is 1.85 bits per heavy atom. The number of rotatable bonds is 5. The summed E-state index contributed by atoms with van der Waals surface area (Å²) >= 11 is 0. The third-order valence-electron chi connectivity index (χ3n) is 2.92. The number of aromatic nitrogens is 1. The molecule has 1 atom stereocenters. The molecule has 4 nitrogen and oxygen atoms in total. The first-order valence-corrected chi connectivity index (χ1v) is 6.05. The number of aliphatic carboxylic acids is 1. The van der Waals surface area contributed by atoms with Gasteiger partial charge < -0.3 is 10.2 Å². The molecule has 0 aliphatic carbocycles. The van der Waals surface area contributed by atoms with E-state index in [1.54, 1.807) is 18.5 Å². The summed E-state index contributed by atoms with van der Waals surface area (Å²) in [6, 6.07) is 10.9. The predicted molar refractivity (Wildman–Crippen MR) is 77.9 cm³/mol. The minimum atomic E-state index is -0.806. The van der Waals surface area contributed by atoms with E-state index in [-0.39, 0.29) is 18.8 Å². The van der Waals surface area contributed by atoms with Crippen LogP contribution in [0.15, 0.2) is 48.8 Å². The monoisotopic (exact) mass is 293 g/mol. The summed E-state index contributed by atoms with van der Waals surface area (Å²) in [5, 5.41) is 18.8. The summed E-state index contributed by atoms with van der Waals surface area (Å²) in [7, 11) is 0. The quantitative estimate of drug-likeness (QED) is 0.889. The van der Waals surface area contributed by atoms with Crippen molar-refractivity contribution < 1.29 is 15.0 Å². The molecule has 1 heterocycles. The van der Waals surface area contributed by atoms with E-state index < -0.39 is 12.1 Å². The molecule has 0 bridgehead atoms. The summed E-state index contributed by atoms with van der Waals surface area (Å²) in [4.78, 5) is 14.5. The van der Waals surface area contributed by atoms with Crippen molar-refractivity contribution in [2.45, 2.75) is 18.9 Å². The highest BCUT2D eigenvalue weighted by atomic mass is 35.5. The van der Waals surface area contributed by atoms with Gasteiger partial charge in [0.25, 0.3) is 0 Å². The van der Waals surface area contributed by atoms with Crippen molar-refractivity contribution in [1.29, 1.82) is 0 Å². The number of pyridine rings is 1. The van der Waals surface area contributed by atoms with E-state index in [2.05, 4.69) is 4.98 Å². The van der Waals surface area contributed by atoms with E-state index in [9.17, 15) is 9.90 Å². The van der Waals surface area contributed by atoms with Crippen LogP contribution in [0.2, 0.25) is 0 Å². The molecular weight excluding hydrogens is 278 g/mol. The molecule has 0 fully saturated rings. The largest absolute Gasteiger partial charge is 0.481 e. The number of halogens is 1. The Bertz CT molecular complexity index is 543. The number of benzene rings is 1. The highest BCUT2D eigenvalue weighted by Crippen LogP contribution is 2.21.